The van der Waals surface area contributed by atoms with Crippen molar-refractivity contribution in [1.82, 2.24) is 25.1 Å². The number of benzene rings is 1. The van der Waals surface area contributed by atoms with E-state index in [0.717, 1.165) is 56.2 Å². The molecule has 0 atom stereocenters. The van der Waals surface area contributed by atoms with Gasteiger partial charge in [-0.1, -0.05) is 49.6 Å². The maximum Gasteiger partial charge on any atom is 0.349 e. The molecule has 2 aromatic heterocycles. The number of nitrogens with one attached hydrogen (secondary N) is 2. The lowest BCUT2D eigenvalue weighted by atomic mass is 9.96. The van der Waals surface area contributed by atoms with Crippen LogP contribution in [0.25, 0.3) is 0 Å². The summed E-state index contributed by atoms with van der Waals surface area (Å²) in [6, 6.07) is 15.0. The van der Waals surface area contributed by atoms with E-state index in [1.165, 1.54) is 11.0 Å². The molecule has 0 saturated heterocycles. The van der Waals surface area contributed by atoms with Crippen molar-refractivity contribution < 1.29 is 9.59 Å². The Kier molecular flexibility index (Phi) is 9.51. The number of hydrogen-bond donors (Lipinski definition) is 2. The van der Waals surface area contributed by atoms with Crippen molar-refractivity contribution in [2.75, 3.05) is 5.32 Å². The molecule has 2 heterocycles. The maximum atomic E-state index is 12.3. The van der Waals surface area contributed by atoms with Gasteiger partial charge in [0, 0.05) is 25.2 Å². The second-order valence-electron chi connectivity index (χ2n) is 9.57. The number of nitrogens with zero attached hydrogens (tertiary/aromatic N) is 4. The van der Waals surface area contributed by atoms with Crippen LogP contribution in [0.2, 0.25) is 0 Å². The smallest absolute Gasteiger partial charge is 0.335 e. The normalized spacial score (nSPS) is 13.7. The number of urea groups is 1. The standard InChI is InChI=1S/C28H34N6O3/c35-25(19-21-9-3-1-4-10-21)20-24-15-14-23(32-33-24)13-7-8-17-34-18-16-26(31-28(34)37)30-27(36)29-22-11-5-2-6-12-22/h1,3-4,9-10,14-16,18,22H,2,5-8,11-13,17,19-20H2,(H2,29,30,31,36,37). The van der Waals surface area contributed by atoms with Crippen molar-refractivity contribution in [3.05, 3.63) is 82.2 Å². The van der Waals surface area contributed by atoms with E-state index < -0.39 is 0 Å². The second-order valence-corrected chi connectivity index (χ2v) is 9.57. The lowest BCUT2D eigenvalue weighted by Gasteiger charge is -2.22. The van der Waals surface area contributed by atoms with Gasteiger partial charge < -0.3 is 5.32 Å². The average molecular weight is 503 g/mol. The average Bonchev–Trinajstić information content (AvgIpc) is 2.89. The Morgan fingerprint density at radius 2 is 1.65 bits per heavy atom. The zero-order valence-corrected chi connectivity index (χ0v) is 21.1. The molecule has 2 N–H and O–H groups in total. The summed E-state index contributed by atoms with van der Waals surface area (Å²) < 4.78 is 1.54. The maximum absolute atomic E-state index is 12.3. The summed E-state index contributed by atoms with van der Waals surface area (Å²) in [7, 11) is 0. The minimum absolute atomic E-state index is 0.110. The summed E-state index contributed by atoms with van der Waals surface area (Å²) in [4.78, 5) is 40.8. The number of aromatic nitrogens is 4. The largest absolute Gasteiger partial charge is 0.349 e. The first-order chi connectivity index (χ1) is 18.0. The molecule has 1 fully saturated rings. The fourth-order valence-corrected chi connectivity index (χ4v) is 4.54. The number of amides is 2. The molecule has 0 spiro atoms. The zero-order chi connectivity index (χ0) is 25.9. The Morgan fingerprint density at radius 3 is 2.38 bits per heavy atom. The van der Waals surface area contributed by atoms with Gasteiger partial charge in [0.1, 0.15) is 11.6 Å². The molecular weight excluding hydrogens is 468 g/mol. The Balaban J connectivity index is 1.16. The highest BCUT2D eigenvalue weighted by Gasteiger charge is 2.16. The minimum atomic E-state index is -0.389. The van der Waals surface area contributed by atoms with Crippen molar-refractivity contribution in [2.45, 2.75) is 76.8 Å². The van der Waals surface area contributed by atoms with Crippen molar-refractivity contribution in [2.24, 2.45) is 0 Å². The van der Waals surface area contributed by atoms with Gasteiger partial charge in [-0.15, -0.1) is 0 Å². The van der Waals surface area contributed by atoms with Crippen LogP contribution >= 0.6 is 0 Å². The molecule has 0 unspecified atom stereocenters. The van der Waals surface area contributed by atoms with E-state index in [1.807, 2.05) is 42.5 Å². The summed E-state index contributed by atoms with van der Waals surface area (Å²) in [6.45, 7) is 0.528. The van der Waals surface area contributed by atoms with Crippen LogP contribution in [0.1, 0.15) is 61.9 Å². The molecule has 0 radical (unpaired) electrons. The second kappa shape index (κ2) is 13.4. The molecular formula is C28H34N6O3. The molecule has 1 aliphatic carbocycles. The zero-order valence-electron chi connectivity index (χ0n) is 21.1. The summed E-state index contributed by atoms with van der Waals surface area (Å²) >= 11 is 0. The third-order valence-corrected chi connectivity index (χ3v) is 6.54. The fraction of sp³-hybridized carbons (Fsp3) is 0.429. The van der Waals surface area contributed by atoms with Gasteiger partial charge >= 0.3 is 11.7 Å². The highest BCUT2D eigenvalue weighted by Crippen LogP contribution is 2.17. The predicted octanol–water partition coefficient (Wildman–Crippen LogP) is 3.86. The van der Waals surface area contributed by atoms with Gasteiger partial charge in [0.15, 0.2) is 0 Å². The number of aryl methyl sites for hydroxylation is 2. The van der Waals surface area contributed by atoms with E-state index in [2.05, 4.69) is 25.8 Å². The molecule has 9 heteroatoms. The molecule has 0 bridgehead atoms. The SMILES string of the molecule is O=C(Cc1ccccc1)Cc1ccc(CCCCn2ccc(NC(=O)NC3CCCCC3)nc2=O)nn1. The van der Waals surface area contributed by atoms with Gasteiger partial charge in [0.25, 0.3) is 0 Å². The number of ketones is 1. The molecule has 37 heavy (non-hydrogen) atoms. The highest BCUT2D eigenvalue weighted by molar-refractivity contribution is 5.88. The quantitative estimate of drug-likeness (QED) is 0.384. The van der Waals surface area contributed by atoms with Crippen LogP contribution in [0.3, 0.4) is 0 Å². The Morgan fingerprint density at radius 1 is 0.892 bits per heavy atom. The van der Waals surface area contributed by atoms with Crippen LogP contribution in [0.4, 0.5) is 10.6 Å². The topological polar surface area (TPSA) is 119 Å². The van der Waals surface area contributed by atoms with E-state index >= 15 is 0 Å². The van der Waals surface area contributed by atoms with Gasteiger partial charge in [-0.2, -0.15) is 15.2 Å². The van der Waals surface area contributed by atoms with Gasteiger partial charge in [-0.3, -0.25) is 14.7 Å². The van der Waals surface area contributed by atoms with Crippen LogP contribution in [-0.4, -0.2) is 37.6 Å². The van der Waals surface area contributed by atoms with Crippen molar-refractivity contribution in [1.29, 1.82) is 0 Å². The summed E-state index contributed by atoms with van der Waals surface area (Å²) in [5.41, 5.74) is 2.13. The highest BCUT2D eigenvalue weighted by atomic mass is 16.2. The van der Waals surface area contributed by atoms with Crippen molar-refractivity contribution in [3.63, 3.8) is 0 Å². The van der Waals surface area contributed by atoms with Gasteiger partial charge in [0.05, 0.1) is 17.8 Å². The Hall–Kier alpha value is -3.88. The van der Waals surface area contributed by atoms with Crippen LogP contribution in [0.15, 0.2) is 59.5 Å². The van der Waals surface area contributed by atoms with Crippen LogP contribution in [-0.2, 0) is 30.6 Å². The van der Waals surface area contributed by atoms with E-state index in [4.69, 9.17) is 0 Å². The lowest BCUT2D eigenvalue weighted by molar-refractivity contribution is -0.117. The Bertz CT molecular complexity index is 1220. The number of rotatable bonds is 11. The number of carbonyl (C=O) groups is 2. The minimum Gasteiger partial charge on any atom is -0.335 e. The molecule has 9 nitrogen and oxygen atoms in total. The first kappa shape index (κ1) is 26.2. The monoisotopic (exact) mass is 502 g/mol. The van der Waals surface area contributed by atoms with Gasteiger partial charge in [-0.25, -0.2) is 9.59 Å². The summed E-state index contributed by atoms with van der Waals surface area (Å²) in [6.07, 6.45) is 10.1. The van der Waals surface area contributed by atoms with E-state index in [-0.39, 0.29) is 35.8 Å². The third kappa shape index (κ3) is 8.63. The first-order valence-corrected chi connectivity index (χ1v) is 13.1. The number of Topliss-reactive ketones (excluding diaryl/α,β-unsaturated/α-hetero) is 1. The molecule has 1 aromatic carbocycles. The number of unbranched alkanes of at least 4 members (excludes halogenated alkanes) is 1. The molecule has 0 aliphatic heterocycles. The van der Waals surface area contributed by atoms with Crippen LogP contribution in [0.5, 0.6) is 0 Å². The summed E-state index contributed by atoms with van der Waals surface area (Å²) in [5, 5.41) is 14.1. The molecule has 3 aromatic rings. The van der Waals surface area contributed by atoms with E-state index in [0.29, 0.717) is 18.7 Å². The molecule has 2 amide bonds. The van der Waals surface area contributed by atoms with E-state index in [9.17, 15) is 14.4 Å². The van der Waals surface area contributed by atoms with Crippen molar-refractivity contribution >= 4 is 17.6 Å². The molecule has 194 valence electrons. The predicted molar refractivity (Wildman–Crippen MR) is 141 cm³/mol. The van der Waals surface area contributed by atoms with Crippen molar-refractivity contribution in [3.8, 4) is 0 Å². The van der Waals surface area contributed by atoms with Gasteiger partial charge in [0.2, 0.25) is 0 Å². The van der Waals surface area contributed by atoms with E-state index in [1.54, 1.807) is 12.3 Å². The molecule has 4 rings (SSSR count). The number of anilines is 1. The lowest BCUT2D eigenvalue weighted by Crippen LogP contribution is -2.39. The fourth-order valence-electron chi connectivity index (χ4n) is 4.54. The van der Waals surface area contributed by atoms with Crippen LogP contribution in [0, 0.1) is 0 Å². The molecule has 1 saturated carbocycles. The first-order valence-electron chi connectivity index (χ1n) is 13.1. The van der Waals surface area contributed by atoms with Gasteiger partial charge in [-0.05, 0) is 55.9 Å². The number of carbonyl (C=O) groups excluding carboxylic acids is 2. The third-order valence-electron chi connectivity index (χ3n) is 6.54. The Labute approximate surface area is 216 Å². The molecule has 1 aliphatic rings. The number of hydrogen-bond acceptors (Lipinski definition) is 6. The van der Waals surface area contributed by atoms with Crippen LogP contribution < -0.4 is 16.3 Å². The summed E-state index contributed by atoms with van der Waals surface area (Å²) in [5.74, 6) is 0.366.